The number of carbonyl (C=O) groups excluding carboxylic acids is 1. The van der Waals surface area contributed by atoms with Crippen LogP contribution in [0.3, 0.4) is 0 Å². The van der Waals surface area contributed by atoms with Gasteiger partial charge >= 0.3 is 0 Å². The minimum atomic E-state index is -0.878. The molecule has 0 unspecified atom stereocenters. The summed E-state index contributed by atoms with van der Waals surface area (Å²) >= 11 is 8.64. The fourth-order valence-corrected chi connectivity index (χ4v) is 1.70. The third-order valence-electron chi connectivity index (χ3n) is 2.07. The number of halogens is 2. The van der Waals surface area contributed by atoms with E-state index in [0.717, 1.165) is 12.1 Å². The number of nitro benzene ring substituents is 2. The van der Waals surface area contributed by atoms with E-state index in [2.05, 4.69) is 21.2 Å². The largest absolute Gasteiger partial charge is 0.351 e. The highest BCUT2D eigenvalue weighted by molar-refractivity contribution is 9.09. The lowest BCUT2D eigenvalue weighted by Crippen LogP contribution is -2.25. The summed E-state index contributed by atoms with van der Waals surface area (Å²) in [5.41, 5.74) is -1.55. The highest BCUT2D eigenvalue weighted by Gasteiger charge is 2.26. The minimum Gasteiger partial charge on any atom is -0.351 e. The Hall–Kier alpha value is -1.74. The zero-order valence-corrected chi connectivity index (χ0v) is 11.6. The zero-order chi connectivity index (χ0) is 14.6. The van der Waals surface area contributed by atoms with Crippen molar-refractivity contribution in [3.05, 3.63) is 42.9 Å². The standard InChI is InChI=1S/C9H7BrClN3O5/c10-1-2-12-9(15)5-3-6(13(16)17)8(11)7(4-5)14(18)19/h3-4H,1-2H2,(H,12,15). The van der Waals surface area contributed by atoms with Gasteiger partial charge in [0, 0.05) is 24.0 Å². The molecule has 1 aromatic rings. The molecule has 0 aliphatic heterocycles. The van der Waals surface area contributed by atoms with Gasteiger partial charge in [-0.2, -0.15) is 0 Å². The molecular formula is C9H7BrClN3O5. The van der Waals surface area contributed by atoms with Crippen molar-refractivity contribution >= 4 is 44.8 Å². The van der Waals surface area contributed by atoms with E-state index in [-0.39, 0.29) is 12.1 Å². The van der Waals surface area contributed by atoms with Crippen molar-refractivity contribution in [3.8, 4) is 0 Å². The van der Waals surface area contributed by atoms with Crippen LogP contribution in [-0.2, 0) is 0 Å². The third-order valence-corrected chi connectivity index (χ3v) is 2.85. The van der Waals surface area contributed by atoms with Crippen LogP contribution in [0.15, 0.2) is 12.1 Å². The molecule has 1 aromatic carbocycles. The van der Waals surface area contributed by atoms with Crippen LogP contribution in [0, 0.1) is 20.2 Å². The molecule has 0 aliphatic rings. The lowest BCUT2D eigenvalue weighted by molar-refractivity contribution is -0.393. The molecule has 0 atom stereocenters. The van der Waals surface area contributed by atoms with Crippen molar-refractivity contribution in [2.24, 2.45) is 0 Å². The number of benzene rings is 1. The van der Waals surface area contributed by atoms with Crippen molar-refractivity contribution in [2.45, 2.75) is 0 Å². The molecular weight excluding hydrogens is 345 g/mol. The smallest absolute Gasteiger partial charge is 0.295 e. The van der Waals surface area contributed by atoms with Crippen molar-refractivity contribution in [1.82, 2.24) is 5.32 Å². The van der Waals surface area contributed by atoms with E-state index in [9.17, 15) is 25.0 Å². The first kappa shape index (κ1) is 15.3. The van der Waals surface area contributed by atoms with Crippen LogP contribution in [0.25, 0.3) is 0 Å². The van der Waals surface area contributed by atoms with Crippen LogP contribution in [0.4, 0.5) is 11.4 Å². The Morgan fingerprint density at radius 3 is 2.11 bits per heavy atom. The van der Waals surface area contributed by atoms with Crippen LogP contribution in [0.1, 0.15) is 10.4 Å². The fourth-order valence-electron chi connectivity index (χ4n) is 1.25. The Balaban J connectivity index is 3.30. The molecule has 0 aliphatic carbocycles. The van der Waals surface area contributed by atoms with Gasteiger partial charge in [-0.25, -0.2) is 0 Å². The second kappa shape index (κ2) is 6.43. The van der Waals surface area contributed by atoms with Crippen LogP contribution >= 0.6 is 27.5 Å². The maximum atomic E-state index is 11.6. The van der Waals surface area contributed by atoms with Gasteiger partial charge in [0.2, 0.25) is 0 Å². The topological polar surface area (TPSA) is 115 Å². The molecule has 0 saturated carbocycles. The van der Waals surface area contributed by atoms with Gasteiger partial charge in [0.25, 0.3) is 17.3 Å². The van der Waals surface area contributed by atoms with E-state index < -0.39 is 32.2 Å². The van der Waals surface area contributed by atoms with E-state index >= 15 is 0 Å². The summed E-state index contributed by atoms with van der Waals surface area (Å²) in [6.45, 7) is 0.281. The third kappa shape index (κ3) is 3.61. The van der Waals surface area contributed by atoms with Crippen molar-refractivity contribution in [2.75, 3.05) is 11.9 Å². The molecule has 0 saturated heterocycles. The Labute approximate surface area is 120 Å². The minimum absolute atomic E-state index is 0.191. The summed E-state index contributed by atoms with van der Waals surface area (Å²) in [6, 6.07) is 1.80. The molecule has 1 amide bonds. The first-order chi connectivity index (χ1) is 8.88. The van der Waals surface area contributed by atoms with E-state index in [1.165, 1.54) is 0 Å². The number of hydrogen-bond acceptors (Lipinski definition) is 5. The molecule has 102 valence electrons. The van der Waals surface area contributed by atoms with E-state index in [1.54, 1.807) is 0 Å². The molecule has 1 N–H and O–H groups in total. The van der Waals surface area contributed by atoms with Gasteiger partial charge in [0.05, 0.1) is 15.4 Å². The van der Waals surface area contributed by atoms with Gasteiger partial charge in [-0.3, -0.25) is 25.0 Å². The monoisotopic (exact) mass is 351 g/mol. The number of nitro groups is 2. The Bertz CT molecular complexity index is 516. The van der Waals surface area contributed by atoms with Gasteiger partial charge in [0.1, 0.15) is 0 Å². The molecule has 8 nitrogen and oxygen atoms in total. The van der Waals surface area contributed by atoms with Crippen LogP contribution < -0.4 is 5.32 Å². The highest BCUT2D eigenvalue weighted by atomic mass is 79.9. The van der Waals surface area contributed by atoms with Crippen molar-refractivity contribution in [1.29, 1.82) is 0 Å². The number of amides is 1. The molecule has 0 bridgehead atoms. The Kier molecular flexibility index (Phi) is 5.19. The molecule has 0 heterocycles. The normalized spacial score (nSPS) is 10.0. The summed E-state index contributed by atoms with van der Waals surface area (Å²) in [6.07, 6.45) is 0. The fraction of sp³-hybridized carbons (Fsp3) is 0.222. The van der Waals surface area contributed by atoms with Crippen molar-refractivity contribution < 1.29 is 14.6 Å². The van der Waals surface area contributed by atoms with E-state index in [4.69, 9.17) is 11.6 Å². The summed E-state index contributed by atoms with van der Waals surface area (Å²) in [5.74, 6) is -0.651. The lowest BCUT2D eigenvalue weighted by Gasteiger charge is -2.04. The second-order valence-electron chi connectivity index (χ2n) is 3.29. The maximum Gasteiger partial charge on any atom is 0.295 e. The summed E-state index contributed by atoms with van der Waals surface area (Å²) in [5, 5.41) is 23.8. The summed E-state index contributed by atoms with van der Waals surface area (Å²) in [4.78, 5) is 31.4. The number of alkyl halides is 1. The molecule has 0 fully saturated rings. The zero-order valence-electron chi connectivity index (χ0n) is 9.26. The van der Waals surface area contributed by atoms with Gasteiger partial charge in [-0.15, -0.1) is 0 Å². The highest BCUT2D eigenvalue weighted by Crippen LogP contribution is 2.34. The van der Waals surface area contributed by atoms with Gasteiger partial charge < -0.3 is 5.32 Å². The van der Waals surface area contributed by atoms with Crippen LogP contribution in [-0.4, -0.2) is 27.6 Å². The first-order valence-electron chi connectivity index (χ1n) is 4.85. The van der Waals surface area contributed by atoms with Gasteiger partial charge in [0.15, 0.2) is 5.02 Å². The summed E-state index contributed by atoms with van der Waals surface area (Å²) in [7, 11) is 0. The van der Waals surface area contributed by atoms with Crippen LogP contribution in [0.2, 0.25) is 5.02 Å². The number of carbonyl (C=O) groups is 1. The first-order valence-corrected chi connectivity index (χ1v) is 6.35. The molecule has 0 radical (unpaired) electrons. The molecule has 10 heteroatoms. The summed E-state index contributed by atoms with van der Waals surface area (Å²) < 4.78 is 0. The van der Waals surface area contributed by atoms with E-state index in [0.29, 0.717) is 5.33 Å². The predicted molar refractivity (Wildman–Crippen MR) is 70.9 cm³/mol. The molecule has 1 rings (SSSR count). The van der Waals surface area contributed by atoms with Gasteiger partial charge in [-0.05, 0) is 0 Å². The van der Waals surface area contributed by atoms with Crippen molar-refractivity contribution in [3.63, 3.8) is 0 Å². The van der Waals surface area contributed by atoms with E-state index in [1.807, 2.05) is 0 Å². The number of rotatable bonds is 5. The average molecular weight is 353 g/mol. The number of nitrogens with zero attached hydrogens (tertiary/aromatic N) is 2. The second-order valence-corrected chi connectivity index (χ2v) is 4.46. The lowest BCUT2D eigenvalue weighted by atomic mass is 10.1. The maximum absolute atomic E-state index is 11.6. The number of nitrogens with one attached hydrogen (secondary N) is 1. The SMILES string of the molecule is O=C(NCCBr)c1cc([N+](=O)[O-])c(Cl)c([N+](=O)[O-])c1. The Morgan fingerprint density at radius 1 is 1.26 bits per heavy atom. The average Bonchev–Trinajstić information content (AvgIpc) is 2.35. The molecule has 0 spiro atoms. The Morgan fingerprint density at radius 2 is 1.74 bits per heavy atom. The van der Waals surface area contributed by atoms with Gasteiger partial charge in [-0.1, -0.05) is 27.5 Å². The predicted octanol–water partition coefficient (Wildman–Crippen LogP) is 2.28. The molecule has 0 aromatic heterocycles. The quantitative estimate of drug-likeness (QED) is 0.496. The molecule has 19 heavy (non-hydrogen) atoms. The number of hydrogen-bond donors (Lipinski definition) is 1. The van der Waals surface area contributed by atoms with Crippen LogP contribution in [0.5, 0.6) is 0 Å².